The van der Waals surface area contributed by atoms with Crippen LogP contribution in [0.25, 0.3) is 5.82 Å². The number of nitrogens with one attached hydrogen (secondary N) is 2. The van der Waals surface area contributed by atoms with Crippen molar-refractivity contribution in [2.75, 3.05) is 11.9 Å². The first-order chi connectivity index (χ1) is 18.8. The smallest absolute Gasteiger partial charge is 0.229 e. The van der Waals surface area contributed by atoms with Crippen LogP contribution >= 0.6 is 0 Å². The van der Waals surface area contributed by atoms with Crippen LogP contribution in [0.15, 0.2) is 42.9 Å². The summed E-state index contributed by atoms with van der Waals surface area (Å²) in [4.78, 5) is 29.7. The number of aryl methyl sites for hydroxylation is 2. The normalized spacial score (nSPS) is 22.0. The summed E-state index contributed by atoms with van der Waals surface area (Å²) in [5, 5.41) is 14.4. The van der Waals surface area contributed by atoms with Gasteiger partial charge in [0, 0.05) is 42.2 Å². The second-order valence-electron chi connectivity index (χ2n) is 10.8. The fraction of sp³-hybridized carbons (Fsp3) is 0.429. The molecule has 1 atom stereocenters. The summed E-state index contributed by atoms with van der Waals surface area (Å²) >= 11 is 0. The van der Waals surface area contributed by atoms with Crippen molar-refractivity contribution in [3.8, 4) is 5.82 Å². The zero-order valence-electron chi connectivity index (χ0n) is 22.4. The van der Waals surface area contributed by atoms with Gasteiger partial charge in [-0.15, -0.1) is 0 Å². The highest BCUT2D eigenvalue weighted by molar-refractivity contribution is 5.85. The lowest BCUT2D eigenvalue weighted by atomic mass is 9.69. The maximum Gasteiger partial charge on any atom is 0.229 e. The monoisotopic (exact) mass is 529 g/mol. The molecule has 1 aliphatic heterocycles. The number of carbonyl (C=O) groups is 1. The topological polar surface area (TPSA) is 118 Å². The number of aromatic nitrogens is 7. The van der Waals surface area contributed by atoms with Crippen molar-refractivity contribution in [2.45, 2.75) is 64.8 Å². The zero-order chi connectivity index (χ0) is 27.1. The Labute approximate surface area is 226 Å². The average molecular weight is 530 g/mol. The predicted octanol–water partition coefficient (Wildman–Crippen LogP) is 4.92. The van der Waals surface area contributed by atoms with Gasteiger partial charge in [0.05, 0.1) is 23.9 Å². The SMILES string of the molecule is Cc1cc(Nc2cc(C)[nH]n2)nc([C@H]2CC[C@@]3(CCN([C@@H](C)c4ccc(-n5cc(F)cn5)nc4)C3=O)CC2)n1. The molecule has 1 amide bonds. The van der Waals surface area contributed by atoms with E-state index in [0.29, 0.717) is 5.82 Å². The summed E-state index contributed by atoms with van der Waals surface area (Å²) < 4.78 is 14.7. The number of amides is 1. The first-order valence-corrected chi connectivity index (χ1v) is 13.4. The lowest BCUT2D eigenvalue weighted by Crippen LogP contribution is -2.38. The molecule has 0 aromatic carbocycles. The maximum absolute atomic E-state index is 13.7. The number of hydrogen-bond donors (Lipinski definition) is 2. The number of nitrogens with zero attached hydrogens (tertiary/aromatic N) is 7. The Morgan fingerprint density at radius 3 is 2.59 bits per heavy atom. The molecule has 11 heteroatoms. The Morgan fingerprint density at radius 2 is 1.92 bits per heavy atom. The highest BCUT2D eigenvalue weighted by Crippen LogP contribution is 2.50. The van der Waals surface area contributed by atoms with Gasteiger partial charge in [0.2, 0.25) is 5.91 Å². The molecule has 1 saturated carbocycles. The van der Waals surface area contributed by atoms with E-state index in [4.69, 9.17) is 9.97 Å². The molecule has 1 saturated heterocycles. The molecule has 1 spiro atoms. The van der Waals surface area contributed by atoms with Crippen LogP contribution in [0.4, 0.5) is 16.0 Å². The third kappa shape index (κ3) is 4.88. The van der Waals surface area contributed by atoms with Crippen LogP contribution in [0, 0.1) is 25.1 Å². The molecule has 4 aromatic rings. The Kier molecular flexibility index (Phi) is 6.36. The number of anilines is 2. The fourth-order valence-electron chi connectivity index (χ4n) is 5.95. The molecular formula is C28H32FN9O. The van der Waals surface area contributed by atoms with Gasteiger partial charge in [-0.05, 0) is 64.5 Å². The number of likely N-dealkylation sites (tertiary alicyclic amines) is 1. The summed E-state index contributed by atoms with van der Waals surface area (Å²) in [6, 6.07) is 7.51. The molecule has 4 aromatic heterocycles. The number of carbonyl (C=O) groups excluding carboxylic acids is 1. The van der Waals surface area contributed by atoms with Crippen molar-refractivity contribution in [1.29, 1.82) is 0 Å². The third-order valence-electron chi connectivity index (χ3n) is 8.19. The Hall–Kier alpha value is -4.15. The number of H-pyrrole nitrogens is 1. The zero-order valence-corrected chi connectivity index (χ0v) is 22.4. The number of pyridine rings is 1. The van der Waals surface area contributed by atoms with Gasteiger partial charge in [-0.3, -0.25) is 9.89 Å². The lowest BCUT2D eigenvalue weighted by molar-refractivity contribution is -0.139. The Bertz CT molecular complexity index is 1490. The van der Waals surface area contributed by atoms with Gasteiger partial charge in [0.1, 0.15) is 11.6 Å². The Balaban J connectivity index is 1.11. The molecule has 10 nitrogen and oxygen atoms in total. The van der Waals surface area contributed by atoms with Gasteiger partial charge < -0.3 is 10.2 Å². The Morgan fingerprint density at radius 1 is 1.10 bits per heavy atom. The molecule has 202 valence electrons. The van der Waals surface area contributed by atoms with Crippen molar-refractivity contribution in [3.05, 3.63) is 71.4 Å². The molecule has 2 N–H and O–H groups in total. The molecule has 2 fully saturated rings. The molecular weight excluding hydrogens is 497 g/mol. The van der Waals surface area contributed by atoms with Crippen LogP contribution in [0.2, 0.25) is 0 Å². The van der Waals surface area contributed by atoms with Crippen molar-refractivity contribution in [3.63, 3.8) is 0 Å². The van der Waals surface area contributed by atoms with E-state index in [2.05, 4.69) is 25.6 Å². The average Bonchev–Trinajstić information content (AvgIpc) is 3.63. The lowest BCUT2D eigenvalue weighted by Gasteiger charge is -2.36. The van der Waals surface area contributed by atoms with E-state index in [-0.39, 0.29) is 23.3 Å². The van der Waals surface area contributed by atoms with Crippen LogP contribution in [-0.4, -0.2) is 52.3 Å². The van der Waals surface area contributed by atoms with E-state index in [1.54, 1.807) is 12.3 Å². The second kappa shape index (κ2) is 9.87. The molecule has 0 unspecified atom stereocenters. The molecule has 0 radical (unpaired) electrons. The minimum atomic E-state index is -0.410. The van der Waals surface area contributed by atoms with E-state index in [1.807, 2.05) is 43.9 Å². The summed E-state index contributed by atoms with van der Waals surface area (Å²) in [7, 11) is 0. The van der Waals surface area contributed by atoms with Gasteiger partial charge in [-0.1, -0.05) is 6.07 Å². The molecule has 2 aliphatic rings. The van der Waals surface area contributed by atoms with Crippen LogP contribution in [0.3, 0.4) is 0 Å². The van der Waals surface area contributed by atoms with Crippen LogP contribution in [-0.2, 0) is 4.79 Å². The second-order valence-corrected chi connectivity index (χ2v) is 10.8. The van der Waals surface area contributed by atoms with Crippen molar-refractivity contribution in [2.24, 2.45) is 5.41 Å². The highest BCUT2D eigenvalue weighted by Gasteiger charge is 2.49. The largest absolute Gasteiger partial charge is 0.335 e. The number of halogens is 1. The quantitative estimate of drug-likeness (QED) is 0.364. The van der Waals surface area contributed by atoms with Crippen molar-refractivity contribution in [1.82, 2.24) is 39.8 Å². The molecule has 0 bridgehead atoms. The number of aromatic amines is 1. The first-order valence-electron chi connectivity index (χ1n) is 13.4. The van der Waals surface area contributed by atoms with Gasteiger partial charge in [0.15, 0.2) is 17.5 Å². The fourth-order valence-corrected chi connectivity index (χ4v) is 5.95. The van der Waals surface area contributed by atoms with Crippen molar-refractivity contribution >= 4 is 17.5 Å². The summed E-state index contributed by atoms with van der Waals surface area (Å²) in [6.45, 7) is 6.71. The highest BCUT2D eigenvalue weighted by atomic mass is 19.1. The van der Waals surface area contributed by atoms with E-state index >= 15 is 0 Å². The molecule has 1 aliphatic carbocycles. The van der Waals surface area contributed by atoms with E-state index < -0.39 is 5.82 Å². The standard InChI is InChI=1S/C28H32FN9O/c1-17-12-23(33-24-13-18(2)35-36-24)34-26(32-17)20-6-8-28(9-7-20)10-11-37(27(28)39)19(3)21-4-5-25(30-14-21)38-16-22(29)15-31-38/h4-5,12-16,19-20H,6-11H2,1-3H3,(H2,32,33,34,35,36)/t19-,20-,28-/m0/s1. The number of rotatable bonds is 6. The minimum absolute atomic E-state index is 0.0927. The van der Waals surface area contributed by atoms with Gasteiger partial charge in [0.25, 0.3) is 0 Å². The number of hydrogen-bond acceptors (Lipinski definition) is 7. The van der Waals surface area contributed by atoms with E-state index in [9.17, 15) is 9.18 Å². The third-order valence-corrected chi connectivity index (χ3v) is 8.19. The summed E-state index contributed by atoms with van der Waals surface area (Å²) in [6.07, 6.45) is 8.48. The first kappa shape index (κ1) is 25.1. The van der Waals surface area contributed by atoms with Crippen molar-refractivity contribution < 1.29 is 9.18 Å². The van der Waals surface area contributed by atoms with Gasteiger partial charge in [-0.25, -0.2) is 24.0 Å². The summed E-state index contributed by atoms with van der Waals surface area (Å²) in [5.74, 6) is 2.87. The molecule has 5 heterocycles. The van der Waals surface area contributed by atoms with Gasteiger partial charge >= 0.3 is 0 Å². The molecule has 6 rings (SSSR count). The van der Waals surface area contributed by atoms with Crippen LogP contribution < -0.4 is 5.32 Å². The minimum Gasteiger partial charge on any atom is -0.335 e. The van der Waals surface area contributed by atoms with E-state index in [0.717, 1.165) is 79.3 Å². The van der Waals surface area contributed by atoms with Crippen LogP contribution in [0.1, 0.15) is 73.8 Å². The predicted molar refractivity (Wildman–Crippen MR) is 143 cm³/mol. The van der Waals surface area contributed by atoms with Crippen LogP contribution in [0.5, 0.6) is 0 Å². The summed E-state index contributed by atoms with van der Waals surface area (Å²) in [5.41, 5.74) is 2.52. The molecule has 39 heavy (non-hydrogen) atoms. The maximum atomic E-state index is 13.7. The van der Waals surface area contributed by atoms with E-state index in [1.165, 1.54) is 10.9 Å². The van der Waals surface area contributed by atoms with Gasteiger partial charge in [-0.2, -0.15) is 10.2 Å².